The van der Waals surface area contributed by atoms with Crippen molar-refractivity contribution < 1.29 is 18.0 Å². The van der Waals surface area contributed by atoms with Crippen molar-refractivity contribution in [2.24, 2.45) is 0 Å². The van der Waals surface area contributed by atoms with Crippen molar-refractivity contribution in [3.8, 4) is 0 Å². The van der Waals surface area contributed by atoms with Crippen LogP contribution in [0.4, 0.5) is 5.69 Å². The number of sulfonamides is 1. The molecule has 0 saturated heterocycles. The fraction of sp³-hybridized carbons (Fsp3) is 0.300. The Balaban J connectivity index is 2.34. The summed E-state index contributed by atoms with van der Waals surface area (Å²) in [6.07, 6.45) is 1.06. The first-order valence-corrected chi connectivity index (χ1v) is 11.8. The number of carbonyl (C=O) groups excluding carboxylic acids is 2. The molecule has 29 heavy (non-hydrogen) atoms. The molecule has 0 unspecified atom stereocenters. The quantitative estimate of drug-likeness (QED) is 0.532. The molecule has 0 bridgehead atoms. The van der Waals surface area contributed by atoms with E-state index in [-0.39, 0.29) is 12.5 Å². The lowest BCUT2D eigenvalue weighted by atomic mass is 10.1. The highest BCUT2D eigenvalue weighted by atomic mass is 127. The maximum atomic E-state index is 13.1. The summed E-state index contributed by atoms with van der Waals surface area (Å²) < 4.78 is 26.7. The van der Waals surface area contributed by atoms with Crippen LogP contribution in [0.15, 0.2) is 54.6 Å². The van der Waals surface area contributed by atoms with Gasteiger partial charge >= 0.3 is 0 Å². The van der Waals surface area contributed by atoms with Crippen LogP contribution < -0.4 is 9.62 Å². The Labute approximate surface area is 185 Å². The molecule has 0 heterocycles. The third kappa shape index (κ3) is 6.43. The van der Waals surface area contributed by atoms with Gasteiger partial charge < -0.3 is 10.2 Å². The Bertz CT molecular complexity index is 949. The lowest BCUT2D eigenvalue weighted by Crippen LogP contribution is -2.50. The van der Waals surface area contributed by atoms with Crippen LogP contribution in [0.1, 0.15) is 12.5 Å². The summed E-state index contributed by atoms with van der Waals surface area (Å²) in [6.45, 7) is 1.42. The van der Waals surface area contributed by atoms with Gasteiger partial charge in [0, 0.05) is 17.2 Å². The number of nitrogens with zero attached hydrogens (tertiary/aromatic N) is 2. The summed E-state index contributed by atoms with van der Waals surface area (Å²) in [5.41, 5.74) is 1.24. The van der Waals surface area contributed by atoms with Gasteiger partial charge in [0.15, 0.2) is 0 Å². The van der Waals surface area contributed by atoms with Gasteiger partial charge in [-0.05, 0) is 59.3 Å². The Morgan fingerprint density at radius 2 is 1.66 bits per heavy atom. The molecule has 0 fully saturated rings. The molecule has 0 aliphatic heterocycles. The molecule has 2 aromatic carbocycles. The van der Waals surface area contributed by atoms with E-state index in [2.05, 4.69) is 27.9 Å². The number of halogens is 1. The number of rotatable bonds is 8. The zero-order valence-corrected chi connectivity index (χ0v) is 19.5. The first kappa shape index (κ1) is 23.1. The molecular weight excluding hydrogens is 505 g/mol. The van der Waals surface area contributed by atoms with Gasteiger partial charge in [-0.1, -0.05) is 30.3 Å². The van der Waals surface area contributed by atoms with Gasteiger partial charge in [-0.15, -0.1) is 0 Å². The van der Waals surface area contributed by atoms with E-state index in [0.717, 1.165) is 19.7 Å². The van der Waals surface area contributed by atoms with Crippen LogP contribution in [-0.4, -0.2) is 51.0 Å². The van der Waals surface area contributed by atoms with Gasteiger partial charge in [-0.25, -0.2) is 8.42 Å². The normalized spacial score (nSPS) is 12.1. The molecule has 0 aromatic heterocycles. The van der Waals surface area contributed by atoms with Crippen molar-refractivity contribution in [2.45, 2.75) is 19.5 Å². The maximum absolute atomic E-state index is 13.1. The molecule has 0 aliphatic rings. The minimum atomic E-state index is -3.70. The molecule has 156 valence electrons. The summed E-state index contributed by atoms with van der Waals surface area (Å²) in [4.78, 5) is 26.7. The summed E-state index contributed by atoms with van der Waals surface area (Å²) >= 11 is 2.12. The largest absolute Gasteiger partial charge is 0.357 e. The van der Waals surface area contributed by atoms with Crippen LogP contribution in [0.2, 0.25) is 0 Å². The van der Waals surface area contributed by atoms with E-state index in [1.54, 1.807) is 31.2 Å². The van der Waals surface area contributed by atoms with E-state index in [9.17, 15) is 18.0 Å². The Kier molecular flexibility index (Phi) is 8.03. The third-order valence-corrected chi connectivity index (χ3v) is 6.26. The number of anilines is 1. The minimum absolute atomic E-state index is 0.193. The summed E-state index contributed by atoms with van der Waals surface area (Å²) in [5.74, 6) is -0.789. The number of hydrogen-bond acceptors (Lipinski definition) is 4. The van der Waals surface area contributed by atoms with E-state index in [0.29, 0.717) is 5.69 Å². The third-order valence-electron chi connectivity index (χ3n) is 4.40. The maximum Gasteiger partial charge on any atom is 0.244 e. The number of likely N-dealkylation sites (N-methyl/N-ethyl adjacent to an activating group) is 1. The predicted octanol–water partition coefficient (Wildman–Crippen LogP) is 2.22. The Hall–Kier alpha value is -2.14. The first-order chi connectivity index (χ1) is 13.6. The molecule has 0 saturated carbocycles. The molecule has 9 heteroatoms. The highest BCUT2D eigenvalue weighted by molar-refractivity contribution is 14.1. The smallest absolute Gasteiger partial charge is 0.244 e. The van der Waals surface area contributed by atoms with E-state index in [1.165, 1.54) is 11.9 Å². The number of hydrogen-bond donors (Lipinski definition) is 1. The van der Waals surface area contributed by atoms with E-state index >= 15 is 0 Å². The van der Waals surface area contributed by atoms with Gasteiger partial charge in [-0.3, -0.25) is 13.9 Å². The lowest BCUT2D eigenvalue weighted by Gasteiger charge is -2.31. The first-order valence-electron chi connectivity index (χ1n) is 8.91. The second-order valence-corrected chi connectivity index (χ2v) is 9.70. The second-order valence-electron chi connectivity index (χ2n) is 6.54. The topological polar surface area (TPSA) is 86.8 Å². The number of carbonyl (C=O) groups is 2. The van der Waals surface area contributed by atoms with Crippen LogP contribution in [0.25, 0.3) is 0 Å². The fourth-order valence-electron chi connectivity index (χ4n) is 2.79. The predicted molar refractivity (Wildman–Crippen MR) is 122 cm³/mol. The SMILES string of the molecule is CNC(=O)[C@@H](C)N(Cc1ccccc1)C(=O)CN(c1ccc(I)cc1)S(C)(=O)=O. The van der Waals surface area contributed by atoms with Crippen molar-refractivity contribution in [3.63, 3.8) is 0 Å². The zero-order valence-electron chi connectivity index (χ0n) is 16.5. The van der Waals surface area contributed by atoms with Crippen LogP contribution in [0.5, 0.6) is 0 Å². The fourth-order valence-corrected chi connectivity index (χ4v) is 4.00. The Morgan fingerprint density at radius 3 is 2.17 bits per heavy atom. The highest BCUT2D eigenvalue weighted by Crippen LogP contribution is 2.20. The molecular formula is C20H24IN3O4S. The van der Waals surface area contributed by atoms with Crippen molar-refractivity contribution in [3.05, 3.63) is 63.7 Å². The summed E-state index contributed by atoms with van der Waals surface area (Å²) in [6, 6.07) is 15.3. The van der Waals surface area contributed by atoms with Crippen molar-refractivity contribution in [1.29, 1.82) is 0 Å². The lowest BCUT2D eigenvalue weighted by molar-refractivity contribution is -0.139. The molecule has 2 rings (SSSR count). The molecule has 1 N–H and O–H groups in total. The monoisotopic (exact) mass is 529 g/mol. The van der Waals surface area contributed by atoms with E-state index in [1.807, 2.05) is 30.3 Å². The standard InChI is InChI=1S/C20H24IN3O4S/c1-15(20(26)22-2)23(13-16-7-5-4-6-8-16)19(25)14-24(29(3,27)28)18-11-9-17(21)10-12-18/h4-12,15H,13-14H2,1-3H3,(H,22,26)/t15-/m1/s1. The van der Waals surface area contributed by atoms with E-state index in [4.69, 9.17) is 0 Å². The van der Waals surface area contributed by atoms with Crippen LogP contribution in [0, 0.1) is 3.57 Å². The number of nitrogens with one attached hydrogen (secondary N) is 1. The van der Waals surface area contributed by atoms with Gasteiger partial charge in [0.2, 0.25) is 21.8 Å². The average Bonchev–Trinajstić information content (AvgIpc) is 2.69. The summed E-state index contributed by atoms with van der Waals surface area (Å²) in [7, 11) is -2.20. The van der Waals surface area contributed by atoms with E-state index < -0.39 is 28.5 Å². The molecule has 0 radical (unpaired) electrons. The summed E-state index contributed by atoms with van der Waals surface area (Å²) in [5, 5.41) is 2.54. The van der Waals surface area contributed by atoms with Gasteiger partial charge in [-0.2, -0.15) is 0 Å². The van der Waals surface area contributed by atoms with Crippen molar-refractivity contribution in [1.82, 2.24) is 10.2 Å². The van der Waals surface area contributed by atoms with Crippen LogP contribution >= 0.6 is 22.6 Å². The van der Waals surface area contributed by atoms with Crippen LogP contribution in [-0.2, 0) is 26.2 Å². The highest BCUT2D eigenvalue weighted by Gasteiger charge is 2.29. The minimum Gasteiger partial charge on any atom is -0.357 e. The number of amides is 2. The Morgan fingerprint density at radius 1 is 1.07 bits per heavy atom. The molecule has 7 nitrogen and oxygen atoms in total. The molecule has 2 amide bonds. The molecule has 1 atom stereocenters. The van der Waals surface area contributed by atoms with Gasteiger partial charge in [0.05, 0.1) is 11.9 Å². The molecule has 2 aromatic rings. The average molecular weight is 529 g/mol. The van der Waals surface area contributed by atoms with Crippen molar-refractivity contribution >= 4 is 50.1 Å². The van der Waals surface area contributed by atoms with Gasteiger partial charge in [0.25, 0.3) is 0 Å². The molecule has 0 aliphatic carbocycles. The second kappa shape index (κ2) is 10.1. The number of benzene rings is 2. The molecule has 0 spiro atoms. The van der Waals surface area contributed by atoms with Crippen molar-refractivity contribution in [2.75, 3.05) is 24.2 Å². The zero-order chi connectivity index (χ0) is 21.6. The van der Waals surface area contributed by atoms with Gasteiger partial charge in [0.1, 0.15) is 12.6 Å². The van der Waals surface area contributed by atoms with Crippen LogP contribution in [0.3, 0.4) is 0 Å².